The topological polar surface area (TPSA) is 84.1 Å². The number of hydrogen-bond donors (Lipinski definition) is 2. The first-order valence-corrected chi connectivity index (χ1v) is 8.48. The molecule has 0 radical (unpaired) electrons. The monoisotopic (exact) mass is 343 g/mol. The molecular weight excluding hydrogens is 326 g/mol. The number of esters is 1. The fraction of sp³-hybridized carbons (Fsp3) is 0.235. The van der Waals surface area contributed by atoms with Crippen molar-refractivity contribution in [1.82, 2.24) is 15.3 Å². The predicted octanol–water partition coefficient (Wildman–Crippen LogP) is 2.51. The van der Waals surface area contributed by atoms with Crippen LogP contribution in [0.25, 0.3) is 21.5 Å². The van der Waals surface area contributed by atoms with Crippen molar-refractivity contribution >= 4 is 34.1 Å². The van der Waals surface area contributed by atoms with Crippen LogP contribution in [0.5, 0.6) is 0 Å². The second-order valence-electron chi connectivity index (χ2n) is 5.18. The highest BCUT2D eigenvalue weighted by Crippen LogP contribution is 2.26. The maximum Gasteiger partial charge on any atom is 0.325 e. The number of aromatic nitrogens is 2. The van der Waals surface area contributed by atoms with Gasteiger partial charge in [-0.25, -0.2) is 4.98 Å². The maximum atomic E-state index is 11.8. The van der Waals surface area contributed by atoms with Crippen LogP contribution < -0.4 is 5.32 Å². The second kappa shape index (κ2) is 7.27. The first-order chi connectivity index (χ1) is 11.7. The number of fused-ring (bicyclic) bond motifs is 1. The Labute approximate surface area is 142 Å². The molecule has 3 aromatic rings. The van der Waals surface area contributed by atoms with E-state index in [1.165, 1.54) is 11.3 Å². The van der Waals surface area contributed by atoms with Gasteiger partial charge in [-0.1, -0.05) is 12.1 Å². The Kier molecular flexibility index (Phi) is 4.90. The van der Waals surface area contributed by atoms with Gasteiger partial charge in [-0.2, -0.15) is 0 Å². The number of aromatic amines is 1. The summed E-state index contributed by atoms with van der Waals surface area (Å²) in [7, 11) is 0. The Morgan fingerprint density at radius 2 is 2.21 bits per heavy atom. The van der Waals surface area contributed by atoms with E-state index >= 15 is 0 Å². The molecule has 0 aliphatic carbocycles. The number of nitrogens with zero attached hydrogens (tertiary/aromatic N) is 1. The van der Waals surface area contributed by atoms with E-state index in [0.717, 1.165) is 21.5 Å². The molecule has 2 heterocycles. The van der Waals surface area contributed by atoms with E-state index in [0.29, 0.717) is 12.3 Å². The zero-order valence-electron chi connectivity index (χ0n) is 13.2. The van der Waals surface area contributed by atoms with E-state index in [-0.39, 0.29) is 18.9 Å². The van der Waals surface area contributed by atoms with Crippen molar-refractivity contribution in [2.75, 3.05) is 13.2 Å². The van der Waals surface area contributed by atoms with Gasteiger partial charge in [-0.05, 0) is 24.4 Å². The Hall–Kier alpha value is -2.67. The number of benzene rings is 1. The summed E-state index contributed by atoms with van der Waals surface area (Å²) in [5, 5.41) is 6.40. The third-order valence-corrected chi connectivity index (χ3v) is 4.37. The molecule has 0 fully saturated rings. The van der Waals surface area contributed by atoms with Gasteiger partial charge in [0.1, 0.15) is 11.6 Å². The minimum Gasteiger partial charge on any atom is -0.465 e. The van der Waals surface area contributed by atoms with Gasteiger partial charge in [0.25, 0.3) is 0 Å². The molecule has 0 saturated heterocycles. The molecule has 0 atom stereocenters. The van der Waals surface area contributed by atoms with E-state index in [9.17, 15) is 9.59 Å². The van der Waals surface area contributed by atoms with Gasteiger partial charge < -0.3 is 15.0 Å². The van der Waals surface area contributed by atoms with Crippen LogP contribution in [0.2, 0.25) is 0 Å². The fourth-order valence-corrected chi connectivity index (χ4v) is 3.13. The molecular formula is C17H17N3O3S. The Morgan fingerprint density at radius 1 is 1.33 bits per heavy atom. The summed E-state index contributed by atoms with van der Waals surface area (Å²) in [5.74, 6) is -0.691. The molecule has 7 heteroatoms. The van der Waals surface area contributed by atoms with Crippen molar-refractivity contribution in [3.63, 3.8) is 0 Å². The van der Waals surface area contributed by atoms with E-state index in [1.807, 2.05) is 35.8 Å². The summed E-state index contributed by atoms with van der Waals surface area (Å²) in [6, 6.07) is 8.10. The molecule has 24 heavy (non-hydrogen) atoms. The summed E-state index contributed by atoms with van der Waals surface area (Å²) in [6.45, 7) is 1.91. The molecule has 1 amide bonds. The SMILES string of the molecule is CCOC(=O)CNC(=O)Cc1csc(-c2ccc3cc[nH]c3c2)n1. The standard InChI is InChI=1S/C17H17N3O3S/c1-2-23-16(22)9-19-15(21)8-13-10-24-17(20-13)12-4-3-11-5-6-18-14(11)7-12/h3-7,10,18H,2,8-9H2,1H3,(H,19,21). The summed E-state index contributed by atoms with van der Waals surface area (Å²) in [4.78, 5) is 30.7. The van der Waals surface area contributed by atoms with Crippen molar-refractivity contribution in [2.45, 2.75) is 13.3 Å². The molecule has 6 nitrogen and oxygen atoms in total. The number of H-pyrrole nitrogens is 1. The molecule has 0 bridgehead atoms. The van der Waals surface area contributed by atoms with Crippen LogP contribution in [-0.4, -0.2) is 35.0 Å². The molecule has 2 aromatic heterocycles. The molecule has 2 N–H and O–H groups in total. The quantitative estimate of drug-likeness (QED) is 0.674. The molecule has 0 aliphatic rings. The molecule has 0 spiro atoms. The van der Waals surface area contributed by atoms with Crippen molar-refractivity contribution in [2.24, 2.45) is 0 Å². The fourth-order valence-electron chi connectivity index (χ4n) is 2.31. The van der Waals surface area contributed by atoms with Crippen LogP contribution in [0.1, 0.15) is 12.6 Å². The number of hydrogen-bond acceptors (Lipinski definition) is 5. The second-order valence-corrected chi connectivity index (χ2v) is 6.04. The van der Waals surface area contributed by atoms with E-state index in [2.05, 4.69) is 15.3 Å². The predicted molar refractivity (Wildman–Crippen MR) is 92.8 cm³/mol. The smallest absolute Gasteiger partial charge is 0.325 e. The number of ether oxygens (including phenoxy) is 1. The van der Waals surface area contributed by atoms with Crippen LogP contribution in [-0.2, 0) is 20.7 Å². The molecule has 1 aromatic carbocycles. The van der Waals surface area contributed by atoms with Gasteiger partial charge in [0.2, 0.25) is 5.91 Å². The number of rotatable bonds is 6. The van der Waals surface area contributed by atoms with Crippen molar-refractivity contribution in [3.8, 4) is 10.6 Å². The Bertz CT molecular complexity index is 869. The van der Waals surface area contributed by atoms with Crippen molar-refractivity contribution < 1.29 is 14.3 Å². The molecule has 0 saturated carbocycles. The van der Waals surface area contributed by atoms with Gasteiger partial charge in [0.05, 0.1) is 18.7 Å². The lowest BCUT2D eigenvalue weighted by Gasteiger charge is -2.03. The number of carbonyl (C=O) groups is 2. The summed E-state index contributed by atoms with van der Waals surface area (Å²) >= 11 is 1.49. The van der Waals surface area contributed by atoms with Gasteiger partial charge in [-0.15, -0.1) is 11.3 Å². The van der Waals surface area contributed by atoms with E-state index in [4.69, 9.17) is 4.74 Å². The van der Waals surface area contributed by atoms with E-state index < -0.39 is 5.97 Å². The average Bonchev–Trinajstić information content (AvgIpc) is 3.21. The van der Waals surface area contributed by atoms with Crippen LogP contribution >= 0.6 is 11.3 Å². The zero-order chi connectivity index (χ0) is 16.9. The van der Waals surface area contributed by atoms with Gasteiger partial charge in [-0.3, -0.25) is 9.59 Å². The minimum absolute atomic E-state index is 0.118. The normalized spacial score (nSPS) is 10.7. The zero-order valence-corrected chi connectivity index (χ0v) is 14.0. The number of carbonyl (C=O) groups excluding carboxylic acids is 2. The highest BCUT2D eigenvalue weighted by Gasteiger charge is 2.11. The van der Waals surface area contributed by atoms with Crippen LogP contribution in [0.15, 0.2) is 35.8 Å². The van der Waals surface area contributed by atoms with Crippen LogP contribution in [0.3, 0.4) is 0 Å². The minimum atomic E-state index is -0.441. The molecule has 3 rings (SSSR count). The first kappa shape index (κ1) is 16.2. The lowest BCUT2D eigenvalue weighted by molar-refractivity contribution is -0.143. The highest BCUT2D eigenvalue weighted by atomic mass is 32.1. The van der Waals surface area contributed by atoms with Crippen LogP contribution in [0, 0.1) is 0 Å². The average molecular weight is 343 g/mol. The molecule has 0 aliphatic heterocycles. The van der Waals surface area contributed by atoms with Gasteiger partial charge >= 0.3 is 5.97 Å². The Balaban J connectivity index is 1.62. The third-order valence-electron chi connectivity index (χ3n) is 3.43. The molecule has 124 valence electrons. The largest absolute Gasteiger partial charge is 0.465 e. The van der Waals surface area contributed by atoms with Gasteiger partial charge in [0.15, 0.2) is 0 Å². The lowest BCUT2D eigenvalue weighted by Crippen LogP contribution is -2.31. The Morgan fingerprint density at radius 3 is 3.04 bits per heavy atom. The van der Waals surface area contributed by atoms with Crippen LogP contribution in [0.4, 0.5) is 0 Å². The van der Waals surface area contributed by atoms with E-state index in [1.54, 1.807) is 6.92 Å². The highest BCUT2D eigenvalue weighted by molar-refractivity contribution is 7.13. The number of thiazole rings is 1. The summed E-state index contributed by atoms with van der Waals surface area (Å²) < 4.78 is 4.76. The summed E-state index contributed by atoms with van der Waals surface area (Å²) in [6.07, 6.45) is 2.04. The third kappa shape index (κ3) is 3.80. The van der Waals surface area contributed by atoms with Gasteiger partial charge in [0, 0.05) is 22.7 Å². The molecule has 0 unspecified atom stereocenters. The lowest BCUT2D eigenvalue weighted by atomic mass is 10.2. The van der Waals surface area contributed by atoms with Crippen molar-refractivity contribution in [3.05, 3.63) is 41.5 Å². The number of amides is 1. The van der Waals surface area contributed by atoms with Crippen molar-refractivity contribution in [1.29, 1.82) is 0 Å². The number of nitrogens with one attached hydrogen (secondary N) is 2. The maximum absolute atomic E-state index is 11.8. The summed E-state index contributed by atoms with van der Waals surface area (Å²) in [5.41, 5.74) is 2.74. The first-order valence-electron chi connectivity index (χ1n) is 7.60.